The van der Waals surface area contributed by atoms with Crippen molar-refractivity contribution in [2.75, 3.05) is 11.9 Å². The van der Waals surface area contributed by atoms with Gasteiger partial charge in [0.05, 0.1) is 13.0 Å². The molecule has 28 heavy (non-hydrogen) atoms. The molecule has 0 aliphatic heterocycles. The van der Waals surface area contributed by atoms with Gasteiger partial charge in [-0.1, -0.05) is 18.2 Å². The number of nitrogens with two attached hydrogens (primary N) is 1. The van der Waals surface area contributed by atoms with Crippen molar-refractivity contribution in [3.63, 3.8) is 0 Å². The molecule has 0 atom stereocenters. The highest BCUT2D eigenvalue weighted by Crippen LogP contribution is 2.27. The number of hydrogen-bond acceptors (Lipinski definition) is 4. The topological polar surface area (TPSA) is 90.7 Å². The molecule has 2 aromatic rings. The molecule has 148 valence electrons. The smallest absolute Gasteiger partial charge is 0.493 e. The van der Waals surface area contributed by atoms with E-state index in [0.717, 1.165) is 12.1 Å². The van der Waals surface area contributed by atoms with Gasteiger partial charge in [-0.25, -0.2) is 0 Å². The molecule has 0 fully saturated rings. The minimum Gasteiger partial charge on any atom is -0.493 e. The van der Waals surface area contributed by atoms with Crippen molar-refractivity contribution in [2.24, 2.45) is 5.73 Å². The molecule has 2 aromatic carbocycles. The lowest BCUT2D eigenvalue weighted by molar-refractivity contribution is -0.274. The van der Waals surface area contributed by atoms with Gasteiger partial charge in [0.25, 0.3) is 0 Å². The van der Waals surface area contributed by atoms with Gasteiger partial charge in [0, 0.05) is 17.3 Å². The summed E-state index contributed by atoms with van der Waals surface area (Å²) in [5.41, 5.74) is 5.57. The Morgan fingerprint density at radius 2 is 1.75 bits per heavy atom. The number of ether oxygens (including phenoxy) is 2. The number of rotatable bonds is 8. The highest BCUT2D eigenvalue weighted by molar-refractivity contribution is 6.02. The van der Waals surface area contributed by atoms with Crippen molar-refractivity contribution in [2.45, 2.75) is 12.8 Å². The zero-order valence-corrected chi connectivity index (χ0v) is 14.5. The molecule has 2 rings (SSSR count). The van der Waals surface area contributed by atoms with E-state index in [1.54, 1.807) is 24.3 Å². The summed E-state index contributed by atoms with van der Waals surface area (Å²) in [6, 6.07) is 11.8. The summed E-state index contributed by atoms with van der Waals surface area (Å²) in [5, 5.41) is 2.56. The molecule has 0 aliphatic rings. The molecule has 0 bridgehead atoms. The van der Waals surface area contributed by atoms with Crippen LogP contribution in [0.25, 0.3) is 6.08 Å². The molecular weight excluding hydrogens is 377 g/mol. The van der Waals surface area contributed by atoms with Crippen molar-refractivity contribution in [3.8, 4) is 11.5 Å². The predicted molar refractivity (Wildman–Crippen MR) is 96.5 cm³/mol. The first-order chi connectivity index (χ1) is 13.2. The fraction of sp³-hybridized carbons (Fsp3) is 0.158. The van der Waals surface area contributed by atoms with Crippen LogP contribution in [0.1, 0.15) is 12.0 Å². The van der Waals surface area contributed by atoms with Gasteiger partial charge in [-0.3, -0.25) is 9.59 Å². The second-order valence-electron chi connectivity index (χ2n) is 5.50. The van der Waals surface area contributed by atoms with Crippen LogP contribution in [0.2, 0.25) is 0 Å². The monoisotopic (exact) mass is 394 g/mol. The molecule has 2 amide bonds. The van der Waals surface area contributed by atoms with Gasteiger partial charge in [0.2, 0.25) is 11.8 Å². The SMILES string of the molecule is NC(=O)CCOc1ccc(NC(=O)C=Cc2ccccc2OC(F)(F)F)cc1. The number of alkyl halides is 3. The molecule has 0 saturated heterocycles. The van der Waals surface area contributed by atoms with Crippen LogP contribution in [0.15, 0.2) is 54.6 Å². The van der Waals surface area contributed by atoms with Crippen LogP contribution in [0.4, 0.5) is 18.9 Å². The number of nitrogens with one attached hydrogen (secondary N) is 1. The standard InChI is InChI=1S/C19H17F3N2O4/c20-19(21,22)28-16-4-2-1-3-13(16)5-10-18(26)24-14-6-8-15(9-7-14)27-12-11-17(23)25/h1-10H,11-12H2,(H2,23,25)(H,24,26). The first kappa shape index (κ1) is 20.8. The largest absolute Gasteiger partial charge is 0.573 e. The van der Waals surface area contributed by atoms with E-state index in [9.17, 15) is 22.8 Å². The molecular formula is C19H17F3N2O4. The van der Waals surface area contributed by atoms with Gasteiger partial charge >= 0.3 is 6.36 Å². The number of carbonyl (C=O) groups is 2. The number of hydrogen-bond donors (Lipinski definition) is 2. The summed E-state index contributed by atoms with van der Waals surface area (Å²) in [5.74, 6) is -0.924. The van der Waals surface area contributed by atoms with Crippen LogP contribution >= 0.6 is 0 Å². The second-order valence-corrected chi connectivity index (χ2v) is 5.50. The van der Waals surface area contributed by atoms with Crippen molar-refractivity contribution in [1.29, 1.82) is 0 Å². The second kappa shape index (κ2) is 9.45. The van der Waals surface area contributed by atoms with Crippen LogP contribution in [0, 0.1) is 0 Å². The third-order valence-corrected chi connectivity index (χ3v) is 3.30. The lowest BCUT2D eigenvalue weighted by atomic mass is 10.2. The summed E-state index contributed by atoms with van der Waals surface area (Å²) in [4.78, 5) is 22.6. The molecule has 0 radical (unpaired) electrons. The quantitative estimate of drug-likeness (QED) is 0.671. The Morgan fingerprint density at radius 3 is 2.39 bits per heavy atom. The molecule has 0 aromatic heterocycles. The van der Waals surface area contributed by atoms with E-state index in [4.69, 9.17) is 10.5 Å². The van der Waals surface area contributed by atoms with Crippen LogP contribution in [0.5, 0.6) is 11.5 Å². The minimum atomic E-state index is -4.83. The first-order valence-corrected chi connectivity index (χ1v) is 8.08. The van der Waals surface area contributed by atoms with E-state index >= 15 is 0 Å². The van der Waals surface area contributed by atoms with Gasteiger partial charge in [0.15, 0.2) is 0 Å². The summed E-state index contributed by atoms with van der Waals surface area (Å²) in [6.07, 6.45) is -2.43. The Labute approximate surface area is 158 Å². The van der Waals surface area contributed by atoms with E-state index in [-0.39, 0.29) is 18.6 Å². The molecule has 0 heterocycles. The third-order valence-electron chi connectivity index (χ3n) is 3.30. The third kappa shape index (κ3) is 7.40. The van der Waals surface area contributed by atoms with E-state index < -0.39 is 23.9 Å². The summed E-state index contributed by atoms with van der Waals surface area (Å²) in [7, 11) is 0. The predicted octanol–water partition coefficient (Wildman–Crippen LogP) is 3.49. The maximum Gasteiger partial charge on any atom is 0.573 e. The fourth-order valence-electron chi connectivity index (χ4n) is 2.09. The number of para-hydroxylation sites is 1. The Bertz CT molecular complexity index is 849. The lowest BCUT2D eigenvalue weighted by Gasteiger charge is -2.11. The molecule has 0 unspecified atom stereocenters. The van der Waals surface area contributed by atoms with Gasteiger partial charge in [-0.05, 0) is 36.4 Å². The maximum absolute atomic E-state index is 12.4. The highest BCUT2D eigenvalue weighted by atomic mass is 19.4. The van der Waals surface area contributed by atoms with Gasteiger partial charge < -0.3 is 20.5 Å². The Balaban J connectivity index is 1.94. The number of carbonyl (C=O) groups excluding carboxylic acids is 2. The van der Waals surface area contributed by atoms with E-state index in [1.807, 2.05) is 0 Å². The normalized spacial score (nSPS) is 11.2. The van der Waals surface area contributed by atoms with Gasteiger partial charge in [-0.15, -0.1) is 13.2 Å². The number of primary amides is 1. The number of amides is 2. The summed E-state index contributed by atoms with van der Waals surface area (Å²) >= 11 is 0. The zero-order chi connectivity index (χ0) is 20.6. The number of benzene rings is 2. The molecule has 3 N–H and O–H groups in total. The first-order valence-electron chi connectivity index (χ1n) is 8.08. The van der Waals surface area contributed by atoms with Crippen LogP contribution < -0.4 is 20.5 Å². The molecule has 0 spiro atoms. The van der Waals surface area contributed by atoms with Crippen molar-refractivity contribution in [1.82, 2.24) is 0 Å². The minimum absolute atomic E-state index is 0.0861. The summed E-state index contributed by atoms with van der Waals surface area (Å²) < 4.78 is 46.4. The molecule has 6 nitrogen and oxygen atoms in total. The molecule has 0 saturated carbocycles. The Morgan fingerprint density at radius 1 is 1.07 bits per heavy atom. The van der Waals surface area contributed by atoms with E-state index in [1.165, 1.54) is 24.3 Å². The average Bonchev–Trinajstić information content (AvgIpc) is 2.61. The van der Waals surface area contributed by atoms with Gasteiger partial charge in [-0.2, -0.15) is 0 Å². The number of anilines is 1. The van der Waals surface area contributed by atoms with E-state index in [0.29, 0.717) is 11.4 Å². The van der Waals surface area contributed by atoms with Crippen molar-refractivity contribution >= 4 is 23.6 Å². The zero-order valence-electron chi connectivity index (χ0n) is 14.5. The maximum atomic E-state index is 12.4. The average molecular weight is 394 g/mol. The lowest BCUT2D eigenvalue weighted by Crippen LogP contribution is -2.17. The Kier molecular flexibility index (Phi) is 7.02. The van der Waals surface area contributed by atoms with Crippen molar-refractivity contribution in [3.05, 3.63) is 60.2 Å². The van der Waals surface area contributed by atoms with E-state index in [2.05, 4.69) is 10.1 Å². The van der Waals surface area contributed by atoms with Crippen LogP contribution in [-0.2, 0) is 9.59 Å². The highest BCUT2D eigenvalue weighted by Gasteiger charge is 2.31. The molecule has 9 heteroatoms. The summed E-state index contributed by atoms with van der Waals surface area (Å²) in [6.45, 7) is 0.142. The van der Waals surface area contributed by atoms with Crippen LogP contribution in [0.3, 0.4) is 0 Å². The fourth-order valence-corrected chi connectivity index (χ4v) is 2.09. The molecule has 0 aliphatic carbocycles. The Hall–Kier alpha value is -3.49. The van der Waals surface area contributed by atoms with Crippen LogP contribution in [-0.4, -0.2) is 24.8 Å². The van der Waals surface area contributed by atoms with Gasteiger partial charge in [0.1, 0.15) is 11.5 Å². The number of halogens is 3. The van der Waals surface area contributed by atoms with Crippen molar-refractivity contribution < 1.29 is 32.2 Å².